The number of aromatic nitrogens is 3. The molecule has 120 valence electrons. The van der Waals surface area contributed by atoms with Crippen LogP contribution in [0.25, 0.3) is 27.6 Å². The van der Waals surface area contributed by atoms with Gasteiger partial charge in [-0.25, -0.2) is 9.97 Å². The maximum Gasteiger partial charge on any atom is 0.148 e. The van der Waals surface area contributed by atoms with Gasteiger partial charge in [-0.2, -0.15) is 0 Å². The normalized spacial score (nSPS) is 11.5. The first kappa shape index (κ1) is 14.0. The SMILES string of the molecule is Nc1ccccc1Cc1nc2ccccc2c2nc3ccccc3n12. The summed E-state index contributed by atoms with van der Waals surface area (Å²) in [5.74, 6) is 0.945. The van der Waals surface area contributed by atoms with E-state index in [1.54, 1.807) is 0 Å². The van der Waals surface area contributed by atoms with Crippen molar-refractivity contribution >= 4 is 33.3 Å². The predicted octanol–water partition coefficient (Wildman–Crippen LogP) is 4.21. The molecule has 0 saturated heterocycles. The van der Waals surface area contributed by atoms with E-state index >= 15 is 0 Å². The van der Waals surface area contributed by atoms with Crippen molar-refractivity contribution in [3.63, 3.8) is 0 Å². The van der Waals surface area contributed by atoms with Gasteiger partial charge in [-0.1, -0.05) is 42.5 Å². The highest BCUT2D eigenvalue weighted by Gasteiger charge is 2.14. The fraction of sp³-hybridized carbons (Fsp3) is 0.0476. The van der Waals surface area contributed by atoms with Gasteiger partial charge in [0.15, 0.2) is 0 Å². The van der Waals surface area contributed by atoms with E-state index in [2.05, 4.69) is 22.6 Å². The van der Waals surface area contributed by atoms with Gasteiger partial charge >= 0.3 is 0 Å². The Hall–Kier alpha value is -3.40. The van der Waals surface area contributed by atoms with Crippen LogP contribution in [0.3, 0.4) is 0 Å². The number of nitrogens with zero attached hydrogens (tertiary/aromatic N) is 3. The lowest BCUT2D eigenvalue weighted by atomic mass is 10.1. The molecule has 0 fully saturated rings. The standard InChI is InChI=1S/C21H16N4/c22-16-9-3-1-7-14(16)13-20-23-17-10-4-2-8-15(17)21-24-18-11-5-6-12-19(18)25(20)21/h1-12H,13,22H2. The molecule has 0 radical (unpaired) electrons. The number of nitrogens with two attached hydrogens (primary N) is 1. The molecule has 0 spiro atoms. The van der Waals surface area contributed by atoms with Crippen molar-refractivity contribution < 1.29 is 0 Å². The Bertz CT molecular complexity index is 1240. The minimum Gasteiger partial charge on any atom is -0.398 e. The Morgan fingerprint density at radius 3 is 2.36 bits per heavy atom. The topological polar surface area (TPSA) is 56.2 Å². The molecular weight excluding hydrogens is 308 g/mol. The lowest BCUT2D eigenvalue weighted by Crippen LogP contribution is -2.05. The molecule has 5 aromatic rings. The molecule has 0 atom stereocenters. The van der Waals surface area contributed by atoms with Gasteiger partial charge in [0.05, 0.1) is 16.6 Å². The van der Waals surface area contributed by atoms with E-state index in [0.717, 1.165) is 44.7 Å². The van der Waals surface area contributed by atoms with Crippen molar-refractivity contribution in [1.82, 2.24) is 14.4 Å². The average molecular weight is 324 g/mol. The summed E-state index contributed by atoms with van der Waals surface area (Å²) in [6, 6.07) is 24.3. The van der Waals surface area contributed by atoms with E-state index in [0.29, 0.717) is 6.42 Å². The van der Waals surface area contributed by atoms with Crippen molar-refractivity contribution in [3.05, 3.63) is 84.2 Å². The average Bonchev–Trinajstić information content (AvgIpc) is 3.04. The number of rotatable bonds is 2. The van der Waals surface area contributed by atoms with E-state index < -0.39 is 0 Å². The summed E-state index contributed by atoms with van der Waals surface area (Å²) in [6.07, 6.45) is 0.661. The van der Waals surface area contributed by atoms with Gasteiger partial charge in [-0.3, -0.25) is 4.40 Å². The molecular formula is C21H16N4. The maximum absolute atomic E-state index is 6.16. The zero-order valence-electron chi connectivity index (χ0n) is 13.6. The highest BCUT2D eigenvalue weighted by molar-refractivity contribution is 5.96. The van der Waals surface area contributed by atoms with Crippen LogP contribution in [0.1, 0.15) is 11.4 Å². The monoisotopic (exact) mass is 324 g/mol. The Kier molecular flexibility index (Phi) is 2.97. The molecule has 4 heteroatoms. The van der Waals surface area contributed by atoms with Crippen LogP contribution in [0.15, 0.2) is 72.8 Å². The summed E-state index contributed by atoms with van der Waals surface area (Å²) >= 11 is 0. The molecule has 0 unspecified atom stereocenters. The van der Waals surface area contributed by atoms with E-state index in [4.69, 9.17) is 15.7 Å². The molecule has 0 saturated carbocycles. The van der Waals surface area contributed by atoms with Crippen LogP contribution in [-0.4, -0.2) is 14.4 Å². The van der Waals surface area contributed by atoms with Gasteiger partial charge in [0.25, 0.3) is 0 Å². The van der Waals surface area contributed by atoms with Crippen LogP contribution in [0.2, 0.25) is 0 Å². The Morgan fingerprint density at radius 1 is 0.760 bits per heavy atom. The number of nitrogen functional groups attached to an aromatic ring is 1. The predicted molar refractivity (Wildman–Crippen MR) is 102 cm³/mol. The maximum atomic E-state index is 6.16. The summed E-state index contributed by atoms with van der Waals surface area (Å²) in [7, 11) is 0. The van der Waals surface area contributed by atoms with Crippen LogP contribution in [0.5, 0.6) is 0 Å². The molecule has 2 N–H and O–H groups in total. The largest absolute Gasteiger partial charge is 0.398 e. The molecule has 4 nitrogen and oxygen atoms in total. The smallest absolute Gasteiger partial charge is 0.148 e. The van der Waals surface area contributed by atoms with Crippen molar-refractivity contribution in [3.8, 4) is 0 Å². The molecule has 0 bridgehead atoms. The zero-order valence-corrected chi connectivity index (χ0v) is 13.6. The zero-order chi connectivity index (χ0) is 16.8. The van der Waals surface area contributed by atoms with Gasteiger partial charge in [0, 0.05) is 17.5 Å². The summed E-state index contributed by atoms with van der Waals surface area (Å²) < 4.78 is 2.16. The van der Waals surface area contributed by atoms with Crippen LogP contribution < -0.4 is 5.73 Å². The summed E-state index contributed by atoms with van der Waals surface area (Å²) in [4.78, 5) is 9.79. The summed E-state index contributed by atoms with van der Waals surface area (Å²) in [6.45, 7) is 0. The second-order valence-corrected chi connectivity index (χ2v) is 6.18. The van der Waals surface area contributed by atoms with Crippen LogP contribution in [-0.2, 0) is 6.42 Å². The highest BCUT2D eigenvalue weighted by Crippen LogP contribution is 2.26. The fourth-order valence-corrected chi connectivity index (χ4v) is 3.40. The second-order valence-electron chi connectivity index (χ2n) is 6.18. The van der Waals surface area contributed by atoms with E-state index in [9.17, 15) is 0 Å². The highest BCUT2D eigenvalue weighted by atomic mass is 15.1. The molecule has 2 aromatic heterocycles. The van der Waals surface area contributed by atoms with Crippen LogP contribution >= 0.6 is 0 Å². The molecule has 0 aliphatic heterocycles. The first-order chi connectivity index (χ1) is 12.3. The van der Waals surface area contributed by atoms with Gasteiger partial charge in [-0.05, 0) is 35.9 Å². The third-order valence-corrected chi connectivity index (χ3v) is 4.62. The lowest BCUT2D eigenvalue weighted by Gasteiger charge is -2.10. The third kappa shape index (κ3) is 2.15. The van der Waals surface area contributed by atoms with Gasteiger partial charge < -0.3 is 5.73 Å². The fourth-order valence-electron chi connectivity index (χ4n) is 3.40. The first-order valence-corrected chi connectivity index (χ1v) is 8.29. The molecule has 2 heterocycles. The van der Waals surface area contributed by atoms with Gasteiger partial charge in [0.1, 0.15) is 11.5 Å². The summed E-state index contributed by atoms with van der Waals surface area (Å²) in [5.41, 5.74) is 12.0. The lowest BCUT2D eigenvalue weighted by molar-refractivity contribution is 0.959. The van der Waals surface area contributed by atoms with E-state index in [1.165, 1.54) is 0 Å². The molecule has 0 aliphatic rings. The quantitative estimate of drug-likeness (QED) is 0.495. The second kappa shape index (κ2) is 5.31. The van der Waals surface area contributed by atoms with Crippen molar-refractivity contribution in [2.75, 3.05) is 5.73 Å². The molecule has 5 rings (SSSR count). The number of hydrogen-bond acceptors (Lipinski definition) is 3. The molecule has 3 aromatic carbocycles. The Labute approximate surface area is 144 Å². The van der Waals surface area contributed by atoms with E-state index in [-0.39, 0.29) is 0 Å². The van der Waals surface area contributed by atoms with E-state index in [1.807, 2.05) is 54.6 Å². The number of para-hydroxylation sites is 4. The van der Waals surface area contributed by atoms with Crippen molar-refractivity contribution in [2.45, 2.75) is 6.42 Å². The molecule has 25 heavy (non-hydrogen) atoms. The minimum absolute atomic E-state index is 0.661. The minimum atomic E-state index is 0.661. The van der Waals surface area contributed by atoms with Gasteiger partial charge in [0.2, 0.25) is 0 Å². The number of hydrogen-bond donors (Lipinski definition) is 1. The number of benzene rings is 3. The Morgan fingerprint density at radius 2 is 1.48 bits per heavy atom. The number of imidazole rings is 1. The summed E-state index contributed by atoms with van der Waals surface area (Å²) in [5, 5.41) is 1.06. The van der Waals surface area contributed by atoms with Gasteiger partial charge in [-0.15, -0.1) is 0 Å². The molecule has 0 amide bonds. The number of anilines is 1. The van der Waals surface area contributed by atoms with Crippen LogP contribution in [0, 0.1) is 0 Å². The molecule has 0 aliphatic carbocycles. The van der Waals surface area contributed by atoms with Crippen molar-refractivity contribution in [2.24, 2.45) is 0 Å². The van der Waals surface area contributed by atoms with Crippen LogP contribution in [0.4, 0.5) is 5.69 Å². The number of fused-ring (bicyclic) bond motifs is 5. The first-order valence-electron chi connectivity index (χ1n) is 8.29. The van der Waals surface area contributed by atoms with Crippen molar-refractivity contribution in [1.29, 1.82) is 0 Å². The third-order valence-electron chi connectivity index (χ3n) is 4.62. The Balaban J connectivity index is 1.88.